The largest absolute Gasteiger partial charge is 0.495 e. The van der Waals surface area contributed by atoms with Gasteiger partial charge in [-0.1, -0.05) is 6.07 Å². The molecule has 0 aliphatic heterocycles. The molecule has 0 fully saturated rings. The first kappa shape index (κ1) is 18.8. The van der Waals surface area contributed by atoms with E-state index in [0.29, 0.717) is 5.39 Å². The summed E-state index contributed by atoms with van der Waals surface area (Å²) in [6.45, 7) is 0. The van der Waals surface area contributed by atoms with Gasteiger partial charge in [-0.05, 0) is 35.7 Å². The van der Waals surface area contributed by atoms with Crippen LogP contribution in [0.3, 0.4) is 0 Å². The Labute approximate surface area is 166 Å². The molecule has 2 heterocycles. The smallest absolute Gasteiger partial charge is 0.270 e. The minimum atomic E-state index is -4.17. The fraction of sp³-hybridized carbons (Fsp3) is 0.0500. The zero-order valence-electron chi connectivity index (χ0n) is 15.2. The van der Waals surface area contributed by atoms with Crippen LogP contribution in [0.1, 0.15) is 0 Å². The van der Waals surface area contributed by atoms with Crippen molar-refractivity contribution in [3.05, 3.63) is 79.3 Å². The molecular formula is C20H15FN4O3S. The number of fused-ring (bicyclic) bond motifs is 1. The van der Waals surface area contributed by atoms with Crippen molar-refractivity contribution in [2.24, 2.45) is 0 Å². The van der Waals surface area contributed by atoms with E-state index in [2.05, 4.69) is 15.0 Å². The fourth-order valence-corrected chi connectivity index (χ4v) is 4.41. The van der Waals surface area contributed by atoms with Crippen LogP contribution in [0.2, 0.25) is 0 Å². The first-order chi connectivity index (χ1) is 14.0. The zero-order valence-corrected chi connectivity index (χ0v) is 16.0. The molecule has 0 radical (unpaired) electrons. The van der Waals surface area contributed by atoms with Crippen LogP contribution in [0, 0.1) is 5.82 Å². The predicted octanol–water partition coefficient (Wildman–Crippen LogP) is 3.70. The molecule has 0 saturated heterocycles. The van der Waals surface area contributed by atoms with Crippen LogP contribution in [0.25, 0.3) is 10.8 Å². The molecule has 9 heteroatoms. The first-order valence-corrected chi connectivity index (χ1v) is 9.93. The first-order valence-electron chi connectivity index (χ1n) is 8.49. The number of halogens is 1. The van der Waals surface area contributed by atoms with Gasteiger partial charge in [0, 0.05) is 36.1 Å². The topological polar surface area (TPSA) is 85.3 Å². The van der Waals surface area contributed by atoms with Crippen LogP contribution in [0.4, 0.5) is 15.9 Å². The second-order valence-electron chi connectivity index (χ2n) is 6.04. The second kappa shape index (κ2) is 7.44. The van der Waals surface area contributed by atoms with Gasteiger partial charge in [0.15, 0.2) is 5.82 Å². The number of sulfonamides is 1. The summed E-state index contributed by atoms with van der Waals surface area (Å²) in [5.41, 5.74) is 0.000949. The van der Waals surface area contributed by atoms with Gasteiger partial charge in [-0.25, -0.2) is 27.1 Å². The van der Waals surface area contributed by atoms with Crippen molar-refractivity contribution < 1.29 is 17.5 Å². The lowest BCUT2D eigenvalue weighted by Gasteiger charge is -2.25. The average molecular weight is 410 g/mol. The van der Waals surface area contributed by atoms with Gasteiger partial charge in [-0.15, -0.1) is 0 Å². The van der Waals surface area contributed by atoms with Gasteiger partial charge in [-0.2, -0.15) is 0 Å². The van der Waals surface area contributed by atoms with Crippen LogP contribution in [0.5, 0.6) is 5.75 Å². The highest BCUT2D eigenvalue weighted by Crippen LogP contribution is 2.38. The van der Waals surface area contributed by atoms with E-state index >= 15 is 0 Å². The predicted molar refractivity (Wildman–Crippen MR) is 106 cm³/mol. The number of benzene rings is 2. The van der Waals surface area contributed by atoms with E-state index in [1.807, 2.05) is 0 Å². The minimum Gasteiger partial charge on any atom is -0.495 e. The average Bonchev–Trinajstić information content (AvgIpc) is 2.74. The van der Waals surface area contributed by atoms with Crippen LogP contribution in [0.15, 0.2) is 78.3 Å². The van der Waals surface area contributed by atoms with E-state index in [0.717, 1.165) is 15.8 Å². The SMILES string of the molecule is COc1ccc(F)cc1N(c1ccncn1)S(=O)(=O)c1ccc2cnccc2c1. The highest BCUT2D eigenvalue weighted by Gasteiger charge is 2.30. The Balaban J connectivity index is 1.96. The van der Waals surface area contributed by atoms with E-state index in [4.69, 9.17) is 4.74 Å². The molecule has 0 amide bonds. The van der Waals surface area contributed by atoms with Gasteiger partial charge in [0.05, 0.1) is 12.0 Å². The van der Waals surface area contributed by atoms with Crippen molar-refractivity contribution in [1.82, 2.24) is 15.0 Å². The third-order valence-corrected chi connectivity index (χ3v) is 6.00. The summed E-state index contributed by atoms with van der Waals surface area (Å²) in [6.07, 6.45) is 5.85. The molecule has 146 valence electrons. The molecule has 0 bridgehead atoms. The molecule has 4 rings (SSSR count). The molecule has 0 spiro atoms. The second-order valence-corrected chi connectivity index (χ2v) is 7.82. The summed E-state index contributed by atoms with van der Waals surface area (Å²) in [5, 5.41) is 1.50. The summed E-state index contributed by atoms with van der Waals surface area (Å²) in [6, 6.07) is 11.4. The lowest BCUT2D eigenvalue weighted by Crippen LogP contribution is -2.27. The molecule has 0 aliphatic rings. The summed E-state index contributed by atoms with van der Waals surface area (Å²) < 4.78 is 47.5. The Morgan fingerprint density at radius 1 is 0.966 bits per heavy atom. The van der Waals surface area contributed by atoms with E-state index < -0.39 is 15.8 Å². The summed E-state index contributed by atoms with van der Waals surface area (Å²) in [4.78, 5) is 11.9. The molecule has 0 atom stereocenters. The number of aromatic nitrogens is 3. The number of ether oxygens (including phenoxy) is 1. The van der Waals surface area contributed by atoms with Crippen molar-refractivity contribution in [3.63, 3.8) is 0 Å². The molecule has 0 unspecified atom stereocenters. The van der Waals surface area contributed by atoms with E-state index in [9.17, 15) is 12.8 Å². The summed E-state index contributed by atoms with van der Waals surface area (Å²) in [7, 11) is -2.79. The van der Waals surface area contributed by atoms with E-state index in [-0.39, 0.29) is 22.2 Å². The van der Waals surface area contributed by atoms with E-state index in [1.54, 1.807) is 24.5 Å². The maximum atomic E-state index is 14.0. The van der Waals surface area contributed by atoms with Gasteiger partial charge in [0.2, 0.25) is 0 Å². The molecule has 2 aromatic heterocycles. The molecular weight excluding hydrogens is 395 g/mol. The van der Waals surface area contributed by atoms with Gasteiger partial charge in [-0.3, -0.25) is 4.98 Å². The van der Waals surface area contributed by atoms with Crippen LogP contribution in [-0.4, -0.2) is 30.5 Å². The van der Waals surface area contributed by atoms with Gasteiger partial charge >= 0.3 is 0 Å². The lowest BCUT2D eigenvalue weighted by molar-refractivity contribution is 0.415. The summed E-state index contributed by atoms with van der Waals surface area (Å²) >= 11 is 0. The Kier molecular flexibility index (Phi) is 4.81. The van der Waals surface area contributed by atoms with Crippen molar-refractivity contribution in [3.8, 4) is 5.75 Å². The molecule has 0 aliphatic carbocycles. The number of rotatable bonds is 5. The quantitative estimate of drug-likeness (QED) is 0.499. The van der Waals surface area contributed by atoms with E-state index in [1.165, 1.54) is 50.0 Å². The Morgan fingerprint density at radius 2 is 1.79 bits per heavy atom. The zero-order chi connectivity index (χ0) is 20.4. The Hall–Kier alpha value is -3.59. The molecule has 29 heavy (non-hydrogen) atoms. The van der Waals surface area contributed by atoms with Crippen LogP contribution in [-0.2, 0) is 10.0 Å². The Bertz CT molecular complexity index is 1280. The number of hydrogen-bond donors (Lipinski definition) is 0. The lowest BCUT2D eigenvalue weighted by atomic mass is 10.2. The van der Waals surface area contributed by atoms with Crippen molar-refractivity contribution in [1.29, 1.82) is 0 Å². The third kappa shape index (κ3) is 3.47. The van der Waals surface area contributed by atoms with Gasteiger partial charge in [0.25, 0.3) is 10.0 Å². The number of hydrogen-bond acceptors (Lipinski definition) is 6. The molecule has 4 aromatic rings. The summed E-state index contributed by atoms with van der Waals surface area (Å²) in [5.74, 6) is -0.378. The highest BCUT2D eigenvalue weighted by molar-refractivity contribution is 7.93. The van der Waals surface area contributed by atoms with Crippen LogP contribution >= 0.6 is 0 Å². The maximum absolute atomic E-state index is 14.0. The monoisotopic (exact) mass is 410 g/mol. The Morgan fingerprint density at radius 3 is 2.55 bits per heavy atom. The standard InChI is InChI=1S/C20H15FN4O3S/c1-28-19-5-3-16(21)11-18(19)25(20-7-9-23-13-24-20)29(26,27)17-4-2-15-12-22-8-6-14(15)10-17/h2-13H,1H3. The van der Waals surface area contributed by atoms with Gasteiger partial charge in [0.1, 0.15) is 23.6 Å². The number of methoxy groups -OCH3 is 1. The number of anilines is 2. The normalized spacial score (nSPS) is 11.4. The fourth-order valence-electron chi connectivity index (χ4n) is 2.93. The number of nitrogens with zero attached hydrogens (tertiary/aromatic N) is 4. The van der Waals surface area contributed by atoms with Gasteiger partial charge < -0.3 is 4.74 Å². The minimum absolute atomic E-state index is 0.000949. The molecule has 7 nitrogen and oxygen atoms in total. The van der Waals surface area contributed by atoms with Crippen molar-refractivity contribution in [2.45, 2.75) is 4.90 Å². The molecule has 0 N–H and O–H groups in total. The maximum Gasteiger partial charge on any atom is 0.270 e. The third-order valence-electron chi connectivity index (χ3n) is 4.28. The van der Waals surface area contributed by atoms with Crippen LogP contribution < -0.4 is 9.04 Å². The highest BCUT2D eigenvalue weighted by atomic mass is 32.2. The van der Waals surface area contributed by atoms with Crippen molar-refractivity contribution >= 4 is 32.3 Å². The number of pyridine rings is 1. The molecule has 0 saturated carbocycles. The van der Waals surface area contributed by atoms with Crippen molar-refractivity contribution in [2.75, 3.05) is 11.4 Å². The molecule has 2 aromatic carbocycles.